The zero-order valence-electron chi connectivity index (χ0n) is 32.7. The van der Waals surface area contributed by atoms with E-state index in [0.29, 0.717) is 43.1 Å². The molecule has 4 rings (SSSR count). The Balaban J connectivity index is 0.00000243. The molecule has 0 radical (unpaired) electrons. The lowest BCUT2D eigenvalue weighted by Gasteiger charge is -2.35. The van der Waals surface area contributed by atoms with Crippen LogP contribution in [0.25, 0.3) is 21.9 Å². The number of carbonyl (C=O) groups excluding carboxylic acids is 2. The molecule has 0 bridgehead atoms. The van der Waals surface area contributed by atoms with Crippen molar-refractivity contribution in [3.8, 4) is 5.75 Å². The number of amides is 1. The number of pyridine rings is 1. The van der Waals surface area contributed by atoms with Crippen molar-refractivity contribution in [2.45, 2.75) is 104 Å². The number of anilines is 1. The van der Waals surface area contributed by atoms with Crippen LogP contribution in [-0.4, -0.2) is 67.2 Å². The Hall–Kier alpha value is -4.15. The maximum atomic E-state index is 12.3. The highest BCUT2D eigenvalue weighted by molar-refractivity contribution is 7.39. The molecule has 288 valence electrons. The van der Waals surface area contributed by atoms with Crippen LogP contribution < -0.4 is 10.3 Å². The van der Waals surface area contributed by atoms with Crippen molar-refractivity contribution in [2.24, 2.45) is 0 Å². The summed E-state index contributed by atoms with van der Waals surface area (Å²) in [4.78, 5) is 53.0. The number of allylic oxidation sites excluding steroid dienone is 2. The zero-order valence-corrected chi connectivity index (χ0v) is 33.6. The maximum Gasteiger partial charge on any atom is 0.391 e. The van der Waals surface area contributed by atoms with E-state index >= 15 is 0 Å². The summed E-state index contributed by atoms with van der Waals surface area (Å²) in [6, 6.07) is 12.1. The Bertz CT molecular complexity index is 1880. The lowest BCUT2D eigenvalue weighted by atomic mass is 9.81. The molecule has 0 aliphatic carbocycles. The summed E-state index contributed by atoms with van der Waals surface area (Å²) in [7, 11) is -0.742. The van der Waals surface area contributed by atoms with Crippen molar-refractivity contribution < 1.29 is 28.6 Å². The van der Waals surface area contributed by atoms with Crippen LogP contribution in [-0.2, 0) is 32.7 Å². The van der Waals surface area contributed by atoms with Crippen LogP contribution in [0.3, 0.4) is 0 Å². The Labute approximate surface area is 315 Å². The van der Waals surface area contributed by atoms with Crippen molar-refractivity contribution in [3.05, 3.63) is 83.7 Å². The van der Waals surface area contributed by atoms with E-state index in [1.54, 1.807) is 24.1 Å². The van der Waals surface area contributed by atoms with Gasteiger partial charge in [0.15, 0.2) is 5.82 Å². The first kappa shape index (κ1) is 43.3. The number of nitrogen functional groups attached to an aromatic ring is 1. The van der Waals surface area contributed by atoms with Gasteiger partial charge in [-0.25, -0.2) is 9.97 Å². The average molecular weight is 748 g/mol. The fourth-order valence-corrected chi connectivity index (χ4v) is 6.52. The van der Waals surface area contributed by atoms with Crippen molar-refractivity contribution in [2.75, 3.05) is 26.0 Å². The summed E-state index contributed by atoms with van der Waals surface area (Å²) in [5.74, 6) is 1.60. The number of likely N-dealkylation sites (N-methyl/N-ethyl adjacent to an activating group) is 1. The molecule has 0 aliphatic heterocycles. The predicted molar refractivity (Wildman–Crippen MR) is 216 cm³/mol. The van der Waals surface area contributed by atoms with Crippen LogP contribution in [0, 0.1) is 6.92 Å². The van der Waals surface area contributed by atoms with E-state index in [9.17, 15) is 19.4 Å². The Morgan fingerprint density at radius 1 is 1.08 bits per heavy atom. The van der Waals surface area contributed by atoms with Gasteiger partial charge in [0.1, 0.15) is 23.4 Å². The zero-order chi connectivity index (χ0) is 39.3. The summed E-state index contributed by atoms with van der Waals surface area (Å²) in [5, 5.41) is 0.982. The van der Waals surface area contributed by atoms with E-state index in [2.05, 4.69) is 50.1 Å². The molecule has 0 aliphatic rings. The number of hydrogen-bond acceptors (Lipinski definition) is 9. The van der Waals surface area contributed by atoms with Gasteiger partial charge in [-0.2, -0.15) is 0 Å². The molecule has 0 saturated carbocycles. The van der Waals surface area contributed by atoms with E-state index in [1.807, 2.05) is 39.8 Å². The molecule has 0 atom stereocenters. The first-order valence-electron chi connectivity index (χ1n) is 18.2. The average Bonchev–Trinajstić information content (AvgIpc) is 3.47. The van der Waals surface area contributed by atoms with Gasteiger partial charge in [-0.3, -0.25) is 9.59 Å². The van der Waals surface area contributed by atoms with Crippen LogP contribution in [0.5, 0.6) is 5.75 Å². The lowest BCUT2D eigenvalue weighted by molar-refractivity contribution is -0.129. The van der Waals surface area contributed by atoms with E-state index < -0.39 is 8.60 Å². The second-order valence-corrected chi connectivity index (χ2v) is 15.2. The fourth-order valence-electron chi connectivity index (χ4n) is 6.14. The molecule has 12 heteroatoms. The van der Waals surface area contributed by atoms with E-state index in [4.69, 9.17) is 25.0 Å². The minimum atomic E-state index is -2.49. The van der Waals surface area contributed by atoms with E-state index in [1.165, 1.54) is 12.2 Å². The summed E-state index contributed by atoms with van der Waals surface area (Å²) < 4.78 is 13.5. The van der Waals surface area contributed by atoms with Crippen molar-refractivity contribution in [1.82, 2.24) is 19.4 Å². The van der Waals surface area contributed by atoms with Gasteiger partial charge in [0.25, 0.3) is 0 Å². The van der Waals surface area contributed by atoms with E-state index in [-0.39, 0.29) is 16.9 Å². The van der Waals surface area contributed by atoms with E-state index in [0.717, 1.165) is 77.5 Å². The predicted octanol–water partition coefficient (Wildman–Crippen LogP) is 8.11. The van der Waals surface area contributed by atoms with Crippen LogP contribution in [0.1, 0.15) is 96.2 Å². The molecule has 4 N–H and O–H groups in total. The minimum absolute atomic E-state index is 0.187. The molecule has 2 aromatic carbocycles. The fraction of sp³-hybridized carbons (Fsp3) is 0.463. The first-order valence-corrected chi connectivity index (χ1v) is 19.3. The van der Waals surface area contributed by atoms with Gasteiger partial charge >= 0.3 is 8.60 Å². The Morgan fingerprint density at radius 3 is 2.43 bits per heavy atom. The Morgan fingerprint density at radius 2 is 1.79 bits per heavy atom. The topological polar surface area (TPSA) is 153 Å². The number of hydrogen-bond donors (Lipinski definition) is 3. The molecule has 2 aromatic heterocycles. The number of ether oxygens (including phenoxy) is 1. The smallest absolute Gasteiger partial charge is 0.391 e. The van der Waals surface area contributed by atoms with Gasteiger partial charge in [-0.15, -0.1) is 6.58 Å². The molecule has 11 nitrogen and oxygen atoms in total. The highest BCUT2D eigenvalue weighted by atomic mass is 31.2. The summed E-state index contributed by atoms with van der Waals surface area (Å²) in [5.41, 5.74) is 11.5. The number of nitrogens with two attached hydrogens (primary N) is 1. The van der Waals surface area contributed by atoms with Gasteiger partial charge in [0.2, 0.25) is 5.91 Å². The molecule has 0 saturated heterocycles. The molecule has 2 heterocycles. The van der Waals surface area contributed by atoms with Crippen LogP contribution in [0.2, 0.25) is 0 Å². The third-order valence-corrected chi connectivity index (χ3v) is 9.94. The van der Waals surface area contributed by atoms with Crippen LogP contribution in [0.15, 0.2) is 61.2 Å². The van der Waals surface area contributed by atoms with Crippen LogP contribution in [0.4, 0.5) is 5.82 Å². The SMILES string of the molecule is C=CC.CCCCc1nc2c(N)nc3cc(C(C)(C)CCOCCCC(C)(C)N(C)C(=O)/C=C\C=O)ccc3c2n1Cc1ccc(OP(O)O)c(C)c1. The monoisotopic (exact) mass is 747 g/mol. The number of carbonyl (C=O) groups is 2. The second-order valence-electron chi connectivity index (χ2n) is 14.6. The molecule has 0 unspecified atom stereocenters. The number of fused-ring (bicyclic) bond motifs is 3. The third kappa shape index (κ3) is 11.7. The molecule has 4 aromatic rings. The van der Waals surface area contributed by atoms with Gasteiger partial charge in [0, 0.05) is 50.2 Å². The number of unbranched alkanes of at least 4 members (excludes halogenated alkanes) is 1. The number of benzene rings is 2. The number of nitrogens with zero attached hydrogens (tertiary/aromatic N) is 4. The summed E-state index contributed by atoms with van der Waals surface area (Å²) in [6.45, 7) is 19.5. The number of aromatic nitrogens is 3. The number of imidazole rings is 1. The molecule has 0 fully saturated rings. The maximum absolute atomic E-state index is 12.3. The molecule has 53 heavy (non-hydrogen) atoms. The van der Waals surface area contributed by atoms with Crippen molar-refractivity contribution >= 4 is 48.5 Å². The van der Waals surface area contributed by atoms with Gasteiger partial charge in [-0.1, -0.05) is 57.5 Å². The normalized spacial score (nSPS) is 12.0. The molecule has 1 amide bonds. The van der Waals surface area contributed by atoms with Crippen molar-refractivity contribution in [3.63, 3.8) is 0 Å². The summed E-state index contributed by atoms with van der Waals surface area (Å²) in [6.07, 6.45) is 10.1. The highest BCUT2D eigenvalue weighted by Gasteiger charge is 2.27. The first-order chi connectivity index (χ1) is 25.1. The quantitative estimate of drug-likeness (QED) is 0.0301. The van der Waals surface area contributed by atoms with Gasteiger partial charge in [-0.05, 0) is 93.7 Å². The van der Waals surface area contributed by atoms with Gasteiger partial charge < -0.3 is 34.2 Å². The van der Waals surface area contributed by atoms with Gasteiger partial charge in [0.05, 0.1) is 11.0 Å². The molecular formula is C41H58N5O6P. The second kappa shape index (κ2) is 19.8. The largest absolute Gasteiger partial charge is 0.427 e. The highest BCUT2D eigenvalue weighted by Crippen LogP contribution is 2.36. The number of rotatable bonds is 18. The molecule has 0 spiro atoms. The number of aryl methyl sites for hydroxylation is 2. The minimum Gasteiger partial charge on any atom is -0.427 e. The Kier molecular flexibility index (Phi) is 16.2. The third-order valence-electron chi connectivity index (χ3n) is 9.58. The summed E-state index contributed by atoms with van der Waals surface area (Å²) >= 11 is 0. The lowest BCUT2D eigenvalue weighted by Crippen LogP contribution is -2.44. The number of aldehydes is 1. The van der Waals surface area contributed by atoms with Crippen LogP contribution >= 0.6 is 8.60 Å². The standard InChI is InChI=1S/C38H52N5O6P.C3H6/c1-8-9-12-32-41-34-35(43(32)25-27-14-17-31(26(2)23-27)49-50(46)47)29-16-15-28(24-30(29)40-36(34)39)37(3,4)19-22-48-21-11-18-38(5,6)42(7)33(45)13-10-20-44;1-3-2/h10,13-17,20,23-24,46-47H,8-9,11-12,18-19,21-22,25H2,1-7H3,(H2,39,40);3H,1H2,2H3/b13-10-;. The molecular weight excluding hydrogens is 689 g/mol. The van der Waals surface area contributed by atoms with Crippen molar-refractivity contribution in [1.29, 1.82) is 0 Å².